The first kappa shape index (κ1) is 16.1. The van der Waals surface area contributed by atoms with Crippen molar-refractivity contribution >= 4 is 20.6 Å². The number of sulfone groups is 1. The Kier molecular flexibility index (Phi) is 4.50. The van der Waals surface area contributed by atoms with Crippen LogP contribution in [0.3, 0.4) is 0 Å². The summed E-state index contributed by atoms with van der Waals surface area (Å²) in [5, 5.41) is 4.90. The zero-order chi connectivity index (χ0) is 16.4. The standard InChI is InChI=1S/C16H17F2NO3S/c17-16(18)22-15-6-5-11-3-1-2-4-13(11)14(15)9-19-12-7-8-23(20,21)10-12/h1-6,12,16,19H,7-10H2/t12-/m1/s1. The van der Waals surface area contributed by atoms with Gasteiger partial charge in [-0.05, 0) is 23.3 Å². The van der Waals surface area contributed by atoms with Crippen molar-refractivity contribution in [3.05, 3.63) is 42.0 Å². The molecule has 0 aliphatic carbocycles. The lowest BCUT2D eigenvalue weighted by molar-refractivity contribution is -0.0503. The molecule has 124 valence electrons. The molecule has 1 heterocycles. The Hall–Kier alpha value is -1.73. The smallest absolute Gasteiger partial charge is 0.387 e. The zero-order valence-electron chi connectivity index (χ0n) is 12.3. The van der Waals surface area contributed by atoms with Crippen molar-refractivity contribution in [2.24, 2.45) is 0 Å². The largest absolute Gasteiger partial charge is 0.434 e. The van der Waals surface area contributed by atoms with Crippen LogP contribution in [0, 0.1) is 0 Å². The lowest BCUT2D eigenvalue weighted by Crippen LogP contribution is -2.29. The highest BCUT2D eigenvalue weighted by atomic mass is 32.2. The molecule has 0 radical (unpaired) electrons. The van der Waals surface area contributed by atoms with Gasteiger partial charge in [-0.15, -0.1) is 0 Å². The number of hydrogen-bond acceptors (Lipinski definition) is 4. The second kappa shape index (κ2) is 6.41. The molecule has 1 saturated heterocycles. The molecule has 0 aromatic heterocycles. The normalized spacial score (nSPS) is 20.2. The minimum absolute atomic E-state index is 0.0861. The van der Waals surface area contributed by atoms with Crippen LogP contribution in [0.5, 0.6) is 5.75 Å². The first-order valence-electron chi connectivity index (χ1n) is 7.34. The van der Waals surface area contributed by atoms with E-state index in [2.05, 4.69) is 10.1 Å². The van der Waals surface area contributed by atoms with Gasteiger partial charge in [-0.1, -0.05) is 30.3 Å². The molecule has 1 aliphatic heterocycles. The van der Waals surface area contributed by atoms with Crippen LogP contribution in [0.1, 0.15) is 12.0 Å². The van der Waals surface area contributed by atoms with Gasteiger partial charge in [0.25, 0.3) is 0 Å². The monoisotopic (exact) mass is 341 g/mol. The number of ether oxygens (including phenoxy) is 1. The van der Waals surface area contributed by atoms with Crippen LogP contribution in [0.15, 0.2) is 36.4 Å². The first-order chi connectivity index (χ1) is 10.9. The molecule has 0 bridgehead atoms. The highest BCUT2D eigenvalue weighted by Gasteiger charge is 2.27. The third kappa shape index (κ3) is 3.79. The highest BCUT2D eigenvalue weighted by Crippen LogP contribution is 2.29. The van der Waals surface area contributed by atoms with Crippen molar-refractivity contribution in [2.75, 3.05) is 11.5 Å². The van der Waals surface area contributed by atoms with Crippen LogP contribution >= 0.6 is 0 Å². The number of halogens is 2. The van der Waals surface area contributed by atoms with Gasteiger partial charge >= 0.3 is 6.61 Å². The van der Waals surface area contributed by atoms with E-state index in [1.165, 1.54) is 6.07 Å². The fourth-order valence-electron chi connectivity index (χ4n) is 2.91. The SMILES string of the molecule is O=S1(=O)CC[C@@H](NCc2c(OC(F)F)ccc3ccccc23)C1. The van der Waals surface area contributed by atoms with E-state index in [0.29, 0.717) is 12.0 Å². The molecule has 1 N–H and O–H groups in total. The van der Waals surface area contributed by atoms with Crippen molar-refractivity contribution in [3.63, 3.8) is 0 Å². The van der Waals surface area contributed by atoms with E-state index in [4.69, 9.17) is 0 Å². The lowest BCUT2D eigenvalue weighted by atomic mass is 10.0. The summed E-state index contributed by atoms with van der Waals surface area (Å²) < 4.78 is 52.9. The third-order valence-electron chi connectivity index (χ3n) is 4.01. The Bertz CT molecular complexity index is 808. The highest BCUT2D eigenvalue weighted by molar-refractivity contribution is 7.91. The maximum atomic E-state index is 12.6. The summed E-state index contributed by atoms with van der Waals surface area (Å²) in [4.78, 5) is 0. The Labute approximate surface area is 133 Å². The average Bonchev–Trinajstić information content (AvgIpc) is 2.85. The van der Waals surface area contributed by atoms with E-state index < -0.39 is 16.4 Å². The summed E-state index contributed by atoms with van der Waals surface area (Å²) in [6.07, 6.45) is 0.540. The third-order valence-corrected chi connectivity index (χ3v) is 5.78. The first-order valence-corrected chi connectivity index (χ1v) is 9.16. The Balaban J connectivity index is 1.87. The van der Waals surface area contributed by atoms with E-state index in [9.17, 15) is 17.2 Å². The van der Waals surface area contributed by atoms with E-state index in [0.717, 1.165) is 10.8 Å². The van der Waals surface area contributed by atoms with Gasteiger partial charge < -0.3 is 10.1 Å². The van der Waals surface area contributed by atoms with Gasteiger partial charge in [-0.2, -0.15) is 8.78 Å². The summed E-state index contributed by atoms with van der Waals surface area (Å²) in [6.45, 7) is -2.62. The number of alkyl halides is 2. The Morgan fingerprint density at radius 2 is 2.00 bits per heavy atom. The van der Waals surface area contributed by atoms with Gasteiger partial charge in [0.2, 0.25) is 0 Å². The summed E-state index contributed by atoms with van der Waals surface area (Å²) in [6, 6.07) is 10.5. The molecule has 7 heteroatoms. The molecule has 0 spiro atoms. The molecule has 0 saturated carbocycles. The summed E-state index contributed by atoms with van der Waals surface area (Å²) in [7, 11) is -2.99. The van der Waals surface area contributed by atoms with Crippen molar-refractivity contribution in [2.45, 2.75) is 25.6 Å². The predicted molar refractivity (Wildman–Crippen MR) is 84.5 cm³/mol. The fourth-order valence-corrected chi connectivity index (χ4v) is 4.61. The van der Waals surface area contributed by atoms with Crippen molar-refractivity contribution in [1.82, 2.24) is 5.32 Å². The van der Waals surface area contributed by atoms with Crippen LogP contribution in [-0.4, -0.2) is 32.6 Å². The average molecular weight is 341 g/mol. The molecule has 3 rings (SSSR count). The van der Waals surface area contributed by atoms with Gasteiger partial charge in [0, 0.05) is 18.2 Å². The van der Waals surface area contributed by atoms with Gasteiger partial charge in [0.05, 0.1) is 11.5 Å². The Morgan fingerprint density at radius 1 is 1.22 bits per heavy atom. The van der Waals surface area contributed by atoms with E-state index in [1.54, 1.807) is 6.07 Å². The number of benzene rings is 2. The van der Waals surface area contributed by atoms with Crippen molar-refractivity contribution < 1.29 is 21.9 Å². The van der Waals surface area contributed by atoms with E-state index in [-0.39, 0.29) is 29.8 Å². The van der Waals surface area contributed by atoms with Crippen LogP contribution in [0.2, 0.25) is 0 Å². The molecule has 2 aromatic rings. The molecular formula is C16H17F2NO3S. The van der Waals surface area contributed by atoms with Gasteiger partial charge in [-0.3, -0.25) is 0 Å². The van der Waals surface area contributed by atoms with Gasteiger partial charge in [0.1, 0.15) is 5.75 Å². The van der Waals surface area contributed by atoms with Crippen LogP contribution in [0.25, 0.3) is 10.8 Å². The summed E-state index contributed by atoms with van der Waals surface area (Å²) >= 11 is 0. The maximum Gasteiger partial charge on any atom is 0.387 e. The van der Waals surface area contributed by atoms with Crippen LogP contribution in [0.4, 0.5) is 8.78 Å². The quantitative estimate of drug-likeness (QED) is 0.909. The summed E-state index contributed by atoms with van der Waals surface area (Å²) in [5.41, 5.74) is 0.618. The minimum atomic E-state index is -2.99. The molecule has 1 atom stereocenters. The molecule has 2 aromatic carbocycles. The number of rotatable bonds is 5. The van der Waals surface area contributed by atoms with Crippen molar-refractivity contribution in [3.8, 4) is 5.75 Å². The molecule has 0 unspecified atom stereocenters. The molecule has 0 amide bonds. The molecule has 4 nitrogen and oxygen atoms in total. The second-order valence-electron chi connectivity index (χ2n) is 5.62. The van der Waals surface area contributed by atoms with E-state index in [1.807, 2.05) is 24.3 Å². The number of nitrogens with one attached hydrogen (secondary N) is 1. The second-order valence-corrected chi connectivity index (χ2v) is 7.85. The van der Waals surface area contributed by atoms with Crippen molar-refractivity contribution in [1.29, 1.82) is 0 Å². The summed E-state index contributed by atoms with van der Waals surface area (Å²) in [5.74, 6) is 0.371. The van der Waals surface area contributed by atoms with Gasteiger partial charge in [-0.25, -0.2) is 8.42 Å². The lowest BCUT2D eigenvalue weighted by Gasteiger charge is -2.16. The number of hydrogen-bond donors (Lipinski definition) is 1. The van der Waals surface area contributed by atoms with Gasteiger partial charge in [0.15, 0.2) is 9.84 Å². The molecular weight excluding hydrogens is 324 g/mol. The molecule has 1 fully saturated rings. The molecule has 23 heavy (non-hydrogen) atoms. The predicted octanol–water partition coefficient (Wildman–Crippen LogP) is 2.72. The topological polar surface area (TPSA) is 55.4 Å². The number of fused-ring (bicyclic) bond motifs is 1. The zero-order valence-corrected chi connectivity index (χ0v) is 13.2. The van der Waals surface area contributed by atoms with Crippen LogP contribution < -0.4 is 10.1 Å². The fraction of sp³-hybridized carbons (Fsp3) is 0.375. The maximum absolute atomic E-state index is 12.6. The minimum Gasteiger partial charge on any atom is -0.434 e. The van der Waals surface area contributed by atoms with E-state index >= 15 is 0 Å². The van der Waals surface area contributed by atoms with Crippen LogP contribution in [-0.2, 0) is 16.4 Å². The Morgan fingerprint density at radius 3 is 2.70 bits per heavy atom. The molecule has 1 aliphatic rings.